The van der Waals surface area contributed by atoms with E-state index in [0.29, 0.717) is 0 Å². The molecule has 1 amide bonds. The first kappa shape index (κ1) is 29.0. The summed E-state index contributed by atoms with van der Waals surface area (Å²) in [6, 6.07) is 7.05. The van der Waals surface area contributed by atoms with E-state index in [1.807, 2.05) is 0 Å². The van der Waals surface area contributed by atoms with Crippen LogP contribution in [0.25, 0.3) is 0 Å². The Morgan fingerprint density at radius 2 is 2.00 bits per heavy atom. The maximum atomic E-state index is 13.6. The first-order valence-corrected chi connectivity index (χ1v) is 15.9. The van der Waals surface area contributed by atoms with Gasteiger partial charge in [-0.1, -0.05) is 19.1 Å². The van der Waals surface area contributed by atoms with Gasteiger partial charge < -0.3 is 19.3 Å². The lowest BCUT2D eigenvalue weighted by atomic mass is 9.99. The molecule has 4 rings (SSSR count). The molecule has 1 aliphatic heterocycles. The van der Waals surface area contributed by atoms with E-state index in [-0.39, 0.29) is 45.9 Å². The number of hydrogen-bond donors (Lipinski definition) is 2. The van der Waals surface area contributed by atoms with Crippen LogP contribution < -0.4 is 9.46 Å². The number of aryl methyl sites for hydroxylation is 1. The molecule has 12 nitrogen and oxygen atoms in total. The van der Waals surface area contributed by atoms with Gasteiger partial charge >= 0.3 is 0 Å². The van der Waals surface area contributed by atoms with E-state index in [9.17, 15) is 26.7 Å². The number of nitrogens with zero attached hydrogens (tertiary/aromatic N) is 4. The summed E-state index contributed by atoms with van der Waals surface area (Å²) in [4.78, 5) is 19.1. The number of amides is 1. The van der Waals surface area contributed by atoms with E-state index in [1.165, 1.54) is 53.3 Å². The van der Waals surface area contributed by atoms with Gasteiger partial charge in [-0.15, -0.1) is 11.3 Å². The lowest BCUT2D eigenvalue weighted by Crippen LogP contribution is -2.50. The number of anilines is 1. The Morgan fingerprint density at radius 1 is 1.26 bits per heavy atom. The van der Waals surface area contributed by atoms with Gasteiger partial charge in [0.1, 0.15) is 10.3 Å². The number of fused-ring (bicyclic) bond motifs is 1. The van der Waals surface area contributed by atoms with Gasteiger partial charge in [0.15, 0.2) is 10.8 Å². The topological polar surface area (TPSA) is 151 Å². The molecular weight excluding hydrogens is 566 g/mol. The number of sulfonamides is 2. The smallest absolute Gasteiger partial charge is 0.271 e. The van der Waals surface area contributed by atoms with Crippen LogP contribution in [0.2, 0.25) is 0 Å². The van der Waals surface area contributed by atoms with Crippen LogP contribution in [0.15, 0.2) is 57.5 Å². The zero-order valence-electron chi connectivity index (χ0n) is 21.9. The summed E-state index contributed by atoms with van der Waals surface area (Å²) in [5.74, 6) is -0.860. The molecule has 2 aromatic heterocycles. The maximum absolute atomic E-state index is 13.6. The average Bonchev–Trinajstić information content (AvgIpc) is 3.59. The van der Waals surface area contributed by atoms with Crippen molar-refractivity contribution < 1.29 is 31.5 Å². The highest BCUT2D eigenvalue weighted by Crippen LogP contribution is 2.36. The number of carbonyl (C=O) groups is 1. The fourth-order valence-electron chi connectivity index (χ4n) is 4.19. The number of rotatable bonds is 9. The SMILES string of the molecule is C[C@H]1CN([C@@H](C)CO)C(=O)c2cccc(NS(=O)(=O)c3cccs3)c2O[C@@H]1CN(C)S(=O)(=O)c1cn(C)cn1. The summed E-state index contributed by atoms with van der Waals surface area (Å²) >= 11 is 1.04. The molecule has 1 aliphatic rings. The minimum atomic E-state index is -3.98. The van der Waals surface area contributed by atoms with Crippen LogP contribution in [0.3, 0.4) is 0 Å². The molecule has 1 aromatic carbocycles. The van der Waals surface area contributed by atoms with Gasteiger partial charge in [0.2, 0.25) is 0 Å². The average molecular weight is 598 g/mol. The molecule has 0 radical (unpaired) electrons. The molecule has 3 heterocycles. The Labute approximate surface area is 231 Å². The van der Waals surface area contributed by atoms with Crippen molar-refractivity contribution >= 4 is 43.0 Å². The van der Waals surface area contributed by atoms with Crippen LogP contribution in [0.1, 0.15) is 24.2 Å². The van der Waals surface area contributed by atoms with Gasteiger partial charge in [0, 0.05) is 32.8 Å². The van der Waals surface area contributed by atoms with Crippen LogP contribution in [0.4, 0.5) is 5.69 Å². The third kappa shape index (κ3) is 5.96. The number of nitrogens with one attached hydrogen (secondary N) is 1. The fourth-order valence-corrected chi connectivity index (χ4v) is 7.38. The second-order valence-electron chi connectivity index (χ2n) is 9.51. The predicted octanol–water partition coefficient (Wildman–Crippen LogP) is 1.82. The molecule has 0 saturated heterocycles. The number of ether oxygens (including phenoxy) is 1. The third-order valence-electron chi connectivity index (χ3n) is 6.49. The minimum absolute atomic E-state index is 0.0158. The van der Waals surface area contributed by atoms with Gasteiger partial charge in [-0.3, -0.25) is 9.52 Å². The first-order valence-electron chi connectivity index (χ1n) is 12.1. The molecule has 15 heteroatoms. The zero-order chi connectivity index (χ0) is 28.5. The Morgan fingerprint density at radius 3 is 2.62 bits per heavy atom. The quantitative estimate of drug-likeness (QED) is 0.379. The van der Waals surface area contributed by atoms with E-state index in [4.69, 9.17) is 4.74 Å². The van der Waals surface area contributed by atoms with Crippen LogP contribution in [-0.2, 0) is 27.1 Å². The van der Waals surface area contributed by atoms with E-state index in [2.05, 4.69) is 9.71 Å². The van der Waals surface area contributed by atoms with E-state index < -0.39 is 44.0 Å². The summed E-state index contributed by atoms with van der Waals surface area (Å²) in [5, 5.41) is 11.4. The summed E-state index contributed by atoms with van der Waals surface area (Å²) in [6.45, 7) is 3.27. The zero-order valence-corrected chi connectivity index (χ0v) is 24.3. The van der Waals surface area contributed by atoms with Crippen molar-refractivity contribution in [2.45, 2.75) is 35.2 Å². The Kier molecular flexibility index (Phi) is 8.37. The number of aliphatic hydroxyl groups is 1. The summed E-state index contributed by atoms with van der Waals surface area (Å²) in [7, 11) is -4.87. The normalized spacial score (nSPS) is 19.2. The highest BCUT2D eigenvalue weighted by Gasteiger charge is 2.37. The maximum Gasteiger partial charge on any atom is 0.271 e. The van der Waals surface area contributed by atoms with Crippen molar-refractivity contribution in [2.75, 3.05) is 31.5 Å². The molecule has 0 bridgehead atoms. The molecule has 3 aromatic rings. The standard InChI is InChI=1S/C24H31N5O7S3/c1-16-11-29(17(2)14-30)24(31)18-7-5-8-19(26-38(32,33)22-9-6-10-37-22)23(18)36-20(16)12-28(4)39(34,35)21-13-27(3)15-25-21/h5-10,13,15-17,20,26,30H,11-12,14H2,1-4H3/t16-,17-,20+/m0/s1. The first-order chi connectivity index (χ1) is 18.3. The molecule has 39 heavy (non-hydrogen) atoms. The molecule has 3 atom stereocenters. The summed E-state index contributed by atoms with van der Waals surface area (Å²) in [5.41, 5.74) is 0.133. The van der Waals surface area contributed by atoms with Crippen LogP contribution >= 0.6 is 11.3 Å². The van der Waals surface area contributed by atoms with Crippen molar-refractivity contribution in [3.8, 4) is 5.75 Å². The molecule has 0 fully saturated rings. The lowest BCUT2D eigenvalue weighted by Gasteiger charge is -2.38. The van der Waals surface area contributed by atoms with Crippen molar-refractivity contribution in [1.29, 1.82) is 0 Å². The van der Waals surface area contributed by atoms with Gasteiger partial charge in [-0.2, -0.15) is 4.31 Å². The highest BCUT2D eigenvalue weighted by atomic mass is 32.2. The van der Waals surface area contributed by atoms with Gasteiger partial charge in [-0.05, 0) is 30.5 Å². The number of likely N-dealkylation sites (N-methyl/N-ethyl adjacent to an activating group) is 1. The van der Waals surface area contributed by atoms with Crippen LogP contribution in [0.5, 0.6) is 5.75 Å². The minimum Gasteiger partial charge on any atom is -0.486 e. The number of benzene rings is 1. The van der Waals surface area contributed by atoms with Crippen molar-refractivity contribution in [1.82, 2.24) is 18.8 Å². The van der Waals surface area contributed by atoms with Gasteiger partial charge in [0.25, 0.3) is 26.0 Å². The van der Waals surface area contributed by atoms with Crippen molar-refractivity contribution in [2.24, 2.45) is 13.0 Å². The number of thiophene rings is 1. The number of aliphatic hydroxyl groups excluding tert-OH is 1. The second-order valence-corrected chi connectivity index (χ2v) is 14.4. The van der Waals surface area contributed by atoms with E-state index in [1.54, 1.807) is 32.3 Å². The number of imidazole rings is 1. The summed E-state index contributed by atoms with van der Waals surface area (Å²) in [6.07, 6.45) is 1.99. The van der Waals surface area contributed by atoms with Crippen molar-refractivity contribution in [3.05, 3.63) is 53.8 Å². The number of carbonyl (C=O) groups excluding carboxylic acids is 1. The molecule has 0 saturated carbocycles. The number of hydrogen-bond acceptors (Lipinski definition) is 9. The number of aromatic nitrogens is 2. The van der Waals surface area contributed by atoms with E-state index in [0.717, 1.165) is 15.6 Å². The second kappa shape index (κ2) is 11.3. The number of para-hydroxylation sites is 1. The molecular formula is C24H31N5O7S3. The Bertz CT molecular complexity index is 1540. The molecule has 0 spiro atoms. The van der Waals surface area contributed by atoms with Crippen LogP contribution in [0, 0.1) is 5.92 Å². The van der Waals surface area contributed by atoms with Gasteiger partial charge in [0.05, 0.1) is 36.8 Å². The largest absolute Gasteiger partial charge is 0.486 e. The van der Waals surface area contributed by atoms with Crippen LogP contribution in [-0.4, -0.2) is 85.5 Å². The Hall–Kier alpha value is -2.98. The monoisotopic (exact) mass is 597 g/mol. The predicted molar refractivity (Wildman–Crippen MR) is 146 cm³/mol. The molecule has 0 aliphatic carbocycles. The third-order valence-corrected chi connectivity index (χ3v) is 11.0. The Balaban J connectivity index is 1.76. The highest BCUT2D eigenvalue weighted by molar-refractivity contribution is 7.94. The fraction of sp³-hybridized carbons (Fsp3) is 0.417. The van der Waals surface area contributed by atoms with Crippen molar-refractivity contribution in [3.63, 3.8) is 0 Å². The molecule has 2 N–H and O–H groups in total. The van der Waals surface area contributed by atoms with E-state index >= 15 is 0 Å². The molecule has 0 unspecified atom stereocenters. The summed E-state index contributed by atoms with van der Waals surface area (Å²) < 4.78 is 64.0. The van der Waals surface area contributed by atoms with Gasteiger partial charge in [-0.25, -0.2) is 21.8 Å². The molecule has 212 valence electrons. The lowest BCUT2D eigenvalue weighted by molar-refractivity contribution is 0.0389.